The highest BCUT2D eigenvalue weighted by Crippen LogP contribution is 2.26. The average Bonchev–Trinajstić information content (AvgIpc) is 2.78. The van der Waals surface area contributed by atoms with Gasteiger partial charge in [-0.1, -0.05) is 6.07 Å². The van der Waals surface area contributed by atoms with Gasteiger partial charge in [-0.25, -0.2) is 4.98 Å². The second-order valence-electron chi connectivity index (χ2n) is 5.01. The Hall–Kier alpha value is -2.27. The first kappa shape index (κ1) is 12.7. The molecule has 0 atom stereocenters. The normalized spacial score (nSPS) is 11.2. The highest BCUT2D eigenvalue weighted by molar-refractivity contribution is 5.81. The zero-order valence-electron chi connectivity index (χ0n) is 11.9. The highest BCUT2D eigenvalue weighted by atomic mass is 15.1. The van der Waals surface area contributed by atoms with Gasteiger partial charge in [-0.15, -0.1) is 0 Å². The van der Waals surface area contributed by atoms with Crippen molar-refractivity contribution in [3.05, 3.63) is 41.2 Å². The summed E-state index contributed by atoms with van der Waals surface area (Å²) in [4.78, 5) is 4.71. The van der Waals surface area contributed by atoms with E-state index in [1.807, 2.05) is 39.1 Å². The number of nitrogens with zero attached hydrogens (tertiary/aromatic N) is 4. The number of hydrogen-bond donors (Lipinski definition) is 1. The number of rotatable bonds is 2. The summed E-state index contributed by atoms with van der Waals surface area (Å²) in [6.45, 7) is 4.42. The first-order valence-corrected chi connectivity index (χ1v) is 6.57. The topological polar surface area (TPSA) is 69.6 Å². The van der Waals surface area contributed by atoms with Crippen molar-refractivity contribution in [2.45, 2.75) is 20.4 Å². The number of benzene rings is 1. The van der Waals surface area contributed by atoms with Gasteiger partial charge in [0.05, 0.1) is 22.4 Å². The van der Waals surface area contributed by atoms with E-state index in [2.05, 4.69) is 20.8 Å². The Morgan fingerprint density at radius 2 is 1.95 bits per heavy atom. The second-order valence-corrected chi connectivity index (χ2v) is 5.01. The molecule has 0 fully saturated rings. The van der Waals surface area contributed by atoms with Crippen molar-refractivity contribution in [1.29, 1.82) is 0 Å². The summed E-state index contributed by atoms with van der Waals surface area (Å²) < 4.78 is 2.08. The van der Waals surface area contributed by atoms with E-state index < -0.39 is 0 Å². The summed E-state index contributed by atoms with van der Waals surface area (Å²) in [6.07, 6.45) is 0. The minimum Gasteiger partial charge on any atom is -0.327 e. The van der Waals surface area contributed by atoms with Gasteiger partial charge in [0.2, 0.25) is 0 Å². The Balaban J connectivity index is 2.26. The third-order valence-corrected chi connectivity index (χ3v) is 3.52. The molecule has 0 aliphatic carbocycles. The predicted molar refractivity (Wildman–Crippen MR) is 79.1 cm³/mol. The van der Waals surface area contributed by atoms with Gasteiger partial charge < -0.3 is 10.3 Å². The van der Waals surface area contributed by atoms with Crippen LogP contribution in [0.3, 0.4) is 0 Å². The summed E-state index contributed by atoms with van der Waals surface area (Å²) in [7, 11) is 2.01. The molecule has 1 aromatic carbocycles. The molecule has 0 aliphatic heterocycles. The number of nitrogens with two attached hydrogens (primary N) is 1. The summed E-state index contributed by atoms with van der Waals surface area (Å²) >= 11 is 0. The lowest BCUT2D eigenvalue weighted by molar-refractivity contribution is 0.915. The number of aromatic nitrogens is 4. The molecule has 0 radical (unpaired) electrons. The third-order valence-electron chi connectivity index (χ3n) is 3.52. The zero-order valence-corrected chi connectivity index (χ0v) is 11.9. The lowest BCUT2D eigenvalue weighted by Crippen LogP contribution is -1.99. The van der Waals surface area contributed by atoms with Crippen molar-refractivity contribution < 1.29 is 0 Å². The Morgan fingerprint density at radius 3 is 2.70 bits per heavy atom. The SMILES string of the molecule is Cc1cc(-c2nc3ccc(CN)cc3n2C)c(C)nn1. The molecule has 2 N–H and O–H groups in total. The molecule has 0 unspecified atom stereocenters. The van der Waals surface area contributed by atoms with Gasteiger partial charge in [0.15, 0.2) is 0 Å². The molecule has 0 spiro atoms. The van der Waals surface area contributed by atoms with Gasteiger partial charge in [0.25, 0.3) is 0 Å². The molecule has 0 bridgehead atoms. The van der Waals surface area contributed by atoms with E-state index in [1.165, 1.54) is 0 Å². The van der Waals surface area contributed by atoms with Gasteiger partial charge >= 0.3 is 0 Å². The molecule has 5 nitrogen and oxygen atoms in total. The van der Waals surface area contributed by atoms with Crippen molar-refractivity contribution in [2.24, 2.45) is 12.8 Å². The summed E-state index contributed by atoms with van der Waals surface area (Å²) in [5, 5.41) is 8.25. The van der Waals surface area contributed by atoms with Crippen molar-refractivity contribution in [3.8, 4) is 11.4 Å². The predicted octanol–water partition coefficient (Wildman–Crippen LogP) is 2.11. The van der Waals surface area contributed by atoms with Crippen LogP contribution < -0.4 is 5.73 Å². The molecule has 0 saturated heterocycles. The minimum atomic E-state index is 0.533. The number of aryl methyl sites for hydroxylation is 3. The minimum absolute atomic E-state index is 0.533. The number of imidazole rings is 1. The molecule has 20 heavy (non-hydrogen) atoms. The smallest absolute Gasteiger partial charge is 0.142 e. The Kier molecular flexibility index (Phi) is 2.99. The fraction of sp³-hybridized carbons (Fsp3) is 0.267. The molecule has 2 aromatic heterocycles. The lowest BCUT2D eigenvalue weighted by atomic mass is 10.2. The van der Waals surface area contributed by atoms with Crippen molar-refractivity contribution in [3.63, 3.8) is 0 Å². The molecule has 2 heterocycles. The van der Waals surface area contributed by atoms with Crippen LogP contribution in [0.5, 0.6) is 0 Å². The van der Waals surface area contributed by atoms with Gasteiger partial charge in [-0.2, -0.15) is 10.2 Å². The maximum Gasteiger partial charge on any atom is 0.142 e. The van der Waals surface area contributed by atoms with E-state index in [4.69, 9.17) is 10.7 Å². The number of fused-ring (bicyclic) bond motifs is 1. The summed E-state index contributed by atoms with van der Waals surface area (Å²) in [6, 6.07) is 8.13. The first-order valence-electron chi connectivity index (χ1n) is 6.57. The Labute approximate surface area is 117 Å². The molecular formula is C15H17N5. The monoisotopic (exact) mass is 267 g/mol. The molecule has 5 heteroatoms. The Morgan fingerprint density at radius 1 is 1.15 bits per heavy atom. The first-order chi connectivity index (χ1) is 9.60. The van der Waals surface area contributed by atoms with Gasteiger partial charge in [-0.05, 0) is 37.6 Å². The molecule has 0 amide bonds. The Bertz CT molecular complexity index is 788. The van der Waals surface area contributed by atoms with Crippen LogP contribution in [0.15, 0.2) is 24.3 Å². The van der Waals surface area contributed by atoms with Crippen LogP contribution in [0, 0.1) is 13.8 Å². The molecular weight excluding hydrogens is 250 g/mol. The van der Waals surface area contributed by atoms with Gasteiger partial charge in [0, 0.05) is 19.2 Å². The largest absolute Gasteiger partial charge is 0.327 e. The average molecular weight is 267 g/mol. The molecule has 3 rings (SSSR count). The lowest BCUT2D eigenvalue weighted by Gasteiger charge is -2.06. The van der Waals surface area contributed by atoms with Crippen LogP contribution in [0.2, 0.25) is 0 Å². The van der Waals surface area contributed by atoms with E-state index in [0.717, 1.165) is 39.4 Å². The van der Waals surface area contributed by atoms with E-state index in [0.29, 0.717) is 6.54 Å². The fourth-order valence-corrected chi connectivity index (χ4v) is 2.38. The fourth-order valence-electron chi connectivity index (χ4n) is 2.38. The van der Waals surface area contributed by atoms with Crippen LogP contribution >= 0.6 is 0 Å². The molecule has 0 aliphatic rings. The van der Waals surface area contributed by atoms with Crippen LogP contribution in [0.4, 0.5) is 0 Å². The van der Waals surface area contributed by atoms with Crippen molar-refractivity contribution in [2.75, 3.05) is 0 Å². The van der Waals surface area contributed by atoms with Crippen molar-refractivity contribution in [1.82, 2.24) is 19.7 Å². The molecule has 0 saturated carbocycles. The standard InChI is InChI=1S/C15H17N5/c1-9-6-12(10(2)19-18-9)15-17-13-5-4-11(8-16)7-14(13)20(15)3/h4-7H,8,16H2,1-3H3. The molecule has 102 valence electrons. The zero-order chi connectivity index (χ0) is 14.3. The van der Waals surface area contributed by atoms with E-state index in [9.17, 15) is 0 Å². The van der Waals surface area contributed by atoms with Crippen LogP contribution in [-0.2, 0) is 13.6 Å². The number of hydrogen-bond acceptors (Lipinski definition) is 4. The second kappa shape index (κ2) is 4.68. The third kappa shape index (κ3) is 1.96. The van der Waals surface area contributed by atoms with Crippen LogP contribution in [-0.4, -0.2) is 19.7 Å². The van der Waals surface area contributed by atoms with Crippen LogP contribution in [0.25, 0.3) is 22.4 Å². The van der Waals surface area contributed by atoms with E-state index in [-0.39, 0.29) is 0 Å². The maximum absolute atomic E-state index is 5.70. The van der Waals surface area contributed by atoms with E-state index in [1.54, 1.807) is 0 Å². The van der Waals surface area contributed by atoms with Crippen LogP contribution in [0.1, 0.15) is 17.0 Å². The maximum atomic E-state index is 5.70. The summed E-state index contributed by atoms with van der Waals surface area (Å²) in [5.41, 5.74) is 11.6. The van der Waals surface area contributed by atoms with E-state index >= 15 is 0 Å². The summed E-state index contributed by atoms with van der Waals surface area (Å²) in [5.74, 6) is 0.907. The van der Waals surface area contributed by atoms with Crippen molar-refractivity contribution >= 4 is 11.0 Å². The highest BCUT2D eigenvalue weighted by Gasteiger charge is 2.13. The van der Waals surface area contributed by atoms with Gasteiger partial charge in [-0.3, -0.25) is 0 Å². The van der Waals surface area contributed by atoms with Gasteiger partial charge in [0.1, 0.15) is 5.82 Å². The molecule has 3 aromatic rings. The quantitative estimate of drug-likeness (QED) is 0.772.